The van der Waals surface area contributed by atoms with Gasteiger partial charge in [-0.3, -0.25) is 4.79 Å². The van der Waals surface area contributed by atoms with Crippen molar-refractivity contribution in [2.75, 3.05) is 27.2 Å². The predicted octanol–water partition coefficient (Wildman–Crippen LogP) is 2.56. The highest BCUT2D eigenvalue weighted by atomic mass is 32.1. The molecule has 2 rings (SSSR count). The number of amides is 1. The molecule has 0 spiro atoms. The summed E-state index contributed by atoms with van der Waals surface area (Å²) in [5, 5.41) is 8.31. The van der Waals surface area contributed by atoms with Crippen molar-refractivity contribution in [2.45, 2.75) is 19.9 Å². The van der Waals surface area contributed by atoms with Crippen LogP contribution in [-0.2, 0) is 17.8 Å². The van der Waals surface area contributed by atoms with Crippen LogP contribution in [-0.4, -0.2) is 44.0 Å². The smallest absolute Gasteiger partial charge is 0.241 e. The van der Waals surface area contributed by atoms with Crippen LogP contribution in [0.25, 0.3) is 0 Å². The number of benzene rings is 1. The van der Waals surface area contributed by atoms with E-state index in [2.05, 4.69) is 21.7 Å². The van der Waals surface area contributed by atoms with Gasteiger partial charge >= 0.3 is 0 Å². The Labute approximate surface area is 157 Å². The van der Waals surface area contributed by atoms with Crippen LogP contribution in [0, 0.1) is 12.7 Å². The summed E-state index contributed by atoms with van der Waals surface area (Å²) in [7, 11) is 3.42. The molecule has 0 saturated carbocycles. The SMILES string of the molecule is Cc1ccc(CN=C(NCCc2cccs2)NCC(=O)N(C)C)cc1F. The molecule has 1 aromatic heterocycles. The third-order valence-electron chi connectivity index (χ3n) is 3.81. The molecule has 26 heavy (non-hydrogen) atoms. The summed E-state index contributed by atoms with van der Waals surface area (Å²) in [6, 6.07) is 9.20. The van der Waals surface area contributed by atoms with E-state index in [1.807, 2.05) is 17.5 Å². The van der Waals surface area contributed by atoms with Crippen molar-refractivity contribution in [3.8, 4) is 0 Å². The molecule has 1 heterocycles. The van der Waals surface area contributed by atoms with Crippen molar-refractivity contribution >= 4 is 23.2 Å². The van der Waals surface area contributed by atoms with Crippen LogP contribution in [0.3, 0.4) is 0 Å². The van der Waals surface area contributed by atoms with Crippen LogP contribution in [0.1, 0.15) is 16.0 Å². The molecule has 2 aromatic rings. The number of hydrogen-bond acceptors (Lipinski definition) is 3. The summed E-state index contributed by atoms with van der Waals surface area (Å²) in [4.78, 5) is 19.1. The summed E-state index contributed by atoms with van der Waals surface area (Å²) in [6.07, 6.45) is 0.874. The molecule has 0 aliphatic rings. The van der Waals surface area contributed by atoms with E-state index in [1.165, 1.54) is 15.8 Å². The Morgan fingerprint density at radius 1 is 1.27 bits per heavy atom. The van der Waals surface area contributed by atoms with Crippen molar-refractivity contribution in [3.05, 3.63) is 57.5 Å². The highest BCUT2D eigenvalue weighted by molar-refractivity contribution is 7.09. The zero-order chi connectivity index (χ0) is 18.9. The van der Waals surface area contributed by atoms with Crippen molar-refractivity contribution in [1.29, 1.82) is 0 Å². The van der Waals surface area contributed by atoms with Gasteiger partial charge in [0.1, 0.15) is 5.82 Å². The standard InChI is InChI=1S/C19H25FN4OS/c1-14-6-7-15(11-17(14)20)12-22-19(23-13-18(25)24(2)3)21-9-8-16-5-4-10-26-16/h4-7,10-11H,8-9,12-13H2,1-3H3,(H2,21,22,23). The number of hydrogen-bond donors (Lipinski definition) is 2. The van der Waals surface area contributed by atoms with E-state index in [1.54, 1.807) is 38.4 Å². The quantitative estimate of drug-likeness (QED) is 0.577. The Balaban J connectivity index is 1.97. The number of aryl methyl sites for hydroxylation is 1. The van der Waals surface area contributed by atoms with Gasteiger partial charge in [-0.2, -0.15) is 0 Å². The van der Waals surface area contributed by atoms with Gasteiger partial charge in [0, 0.05) is 25.5 Å². The van der Waals surface area contributed by atoms with Crippen LogP contribution in [0.2, 0.25) is 0 Å². The lowest BCUT2D eigenvalue weighted by atomic mass is 10.1. The molecule has 0 aliphatic carbocycles. The normalized spacial score (nSPS) is 11.3. The summed E-state index contributed by atoms with van der Waals surface area (Å²) < 4.78 is 13.7. The summed E-state index contributed by atoms with van der Waals surface area (Å²) in [5.41, 5.74) is 1.40. The minimum Gasteiger partial charge on any atom is -0.356 e. The number of carbonyl (C=O) groups is 1. The largest absolute Gasteiger partial charge is 0.356 e. The molecule has 7 heteroatoms. The van der Waals surface area contributed by atoms with Crippen LogP contribution < -0.4 is 10.6 Å². The Kier molecular flexibility index (Phi) is 7.59. The number of likely N-dealkylation sites (N-methyl/N-ethyl adjacent to an activating group) is 1. The lowest BCUT2D eigenvalue weighted by Gasteiger charge is -2.15. The highest BCUT2D eigenvalue weighted by Gasteiger charge is 2.06. The molecular weight excluding hydrogens is 351 g/mol. The zero-order valence-electron chi connectivity index (χ0n) is 15.4. The molecule has 140 valence electrons. The molecular formula is C19H25FN4OS. The van der Waals surface area contributed by atoms with Crippen molar-refractivity contribution in [3.63, 3.8) is 0 Å². The van der Waals surface area contributed by atoms with Crippen molar-refractivity contribution < 1.29 is 9.18 Å². The third-order valence-corrected chi connectivity index (χ3v) is 4.74. The van der Waals surface area contributed by atoms with E-state index in [0.29, 0.717) is 24.6 Å². The predicted molar refractivity (Wildman–Crippen MR) is 105 cm³/mol. The summed E-state index contributed by atoms with van der Waals surface area (Å²) >= 11 is 1.71. The fourth-order valence-electron chi connectivity index (χ4n) is 2.16. The van der Waals surface area contributed by atoms with E-state index >= 15 is 0 Å². The fourth-order valence-corrected chi connectivity index (χ4v) is 2.86. The number of rotatable bonds is 7. The average Bonchev–Trinajstić information content (AvgIpc) is 3.12. The first-order chi connectivity index (χ1) is 12.5. The Bertz CT molecular complexity index is 744. The lowest BCUT2D eigenvalue weighted by Crippen LogP contribution is -2.43. The van der Waals surface area contributed by atoms with Gasteiger partial charge in [0.25, 0.3) is 0 Å². The van der Waals surface area contributed by atoms with Crippen molar-refractivity contribution in [1.82, 2.24) is 15.5 Å². The van der Waals surface area contributed by atoms with Gasteiger partial charge in [-0.25, -0.2) is 9.38 Å². The first-order valence-electron chi connectivity index (χ1n) is 8.45. The second kappa shape index (κ2) is 9.91. The van der Waals surface area contributed by atoms with E-state index < -0.39 is 0 Å². The van der Waals surface area contributed by atoms with Gasteiger partial charge in [-0.05, 0) is 42.0 Å². The van der Waals surface area contributed by atoms with E-state index in [0.717, 1.165) is 12.0 Å². The monoisotopic (exact) mass is 376 g/mol. The number of nitrogens with zero attached hydrogens (tertiary/aromatic N) is 2. The molecule has 0 saturated heterocycles. The second-order valence-corrected chi connectivity index (χ2v) is 7.18. The number of thiophene rings is 1. The molecule has 2 N–H and O–H groups in total. The molecule has 0 radical (unpaired) electrons. The average molecular weight is 377 g/mol. The number of carbonyl (C=O) groups excluding carboxylic acids is 1. The van der Waals surface area contributed by atoms with Gasteiger partial charge in [0.2, 0.25) is 5.91 Å². The van der Waals surface area contributed by atoms with Gasteiger partial charge < -0.3 is 15.5 Å². The topological polar surface area (TPSA) is 56.7 Å². The van der Waals surface area contributed by atoms with Crippen LogP contribution >= 0.6 is 11.3 Å². The molecule has 5 nitrogen and oxygen atoms in total. The molecule has 0 aliphatic heterocycles. The molecule has 0 atom stereocenters. The van der Waals surface area contributed by atoms with Gasteiger partial charge in [-0.1, -0.05) is 18.2 Å². The number of nitrogens with one attached hydrogen (secondary N) is 2. The maximum Gasteiger partial charge on any atom is 0.241 e. The van der Waals surface area contributed by atoms with Crippen LogP contribution in [0.15, 0.2) is 40.7 Å². The van der Waals surface area contributed by atoms with Gasteiger partial charge in [0.15, 0.2) is 5.96 Å². The van der Waals surface area contributed by atoms with Gasteiger partial charge in [0.05, 0.1) is 13.1 Å². The molecule has 1 aromatic carbocycles. The Hall–Kier alpha value is -2.41. The minimum absolute atomic E-state index is 0.0425. The Morgan fingerprint density at radius 3 is 2.73 bits per heavy atom. The van der Waals surface area contributed by atoms with Crippen molar-refractivity contribution in [2.24, 2.45) is 4.99 Å². The van der Waals surface area contributed by atoms with E-state index in [9.17, 15) is 9.18 Å². The Morgan fingerprint density at radius 2 is 2.08 bits per heavy atom. The third kappa shape index (κ3) is 6.48. The minimum atomic E-state index is -0.236. The summed E-state index contributed by atoms with van der Waals surface area (Å²) in [5.74, 6) is 0.262. The number of halogens is 1. The fraction of sp³-hybridized carbons (Fsp3) is 0.368. The maximum atomic E-state index is 13.7. The molecule has 1 amide bonds. The first-order valence-corrected chi connectivity index (χ1v) is 9.33. The highest BCUT2D eigenvalue weighted by Crippen LogP contribution is 2.10. The number of guanidine groups is 1. The molecule has 0 fully saturated rings. The second-order valence-electron chi connectivity index (χ2n) is 6.15. The zero-order valence-corrected chi connectivity index (χ0v) is 16.2. The van der Waals surface area contributed by atoms with Gasteiger partial charge in [-0.15, -0.1) is 11.3 Å². The maximum absolute atomic E-state index is 13.7. The molecule has 0 unspecified atom stereocenters. The summed E-state index contributed by atoms with van der Waals surface area (Å²) in [6.45, 7) is 2.92. The molecule has 0 bridgehead atoms. The first kappa shape index (κ1) is 19.9. The van der Waals surface area contributed by atoms with Crippen LogP contribution in [0.4, 0.5) is 4.39 Å². The van der Waals surface area contributed by atoms with E-state index in [4.69, 9.17) is 0 Å². The number of aliphatic imine (C=N–C) groups is 1. The van der Waals surface area contributed by atoms with Crippen LogP contribution in [0.5, 0.6) is 0 Å². The lowest BCUT2D eigenvalue weighted by molar-refractivity contribution is -0.127. The van der Waals surface area contributed by atoms with E-state index in [-0.39, 0.29) is 18.3 Å².